The molecule has 0 aromatic carbocycles. The highest BCUT2D eigenvalue weighted by molar-refractivity contribution is 8.02. The minimum absolute atomic E-state index is 0.0339. The number of carbonyl (C=O) groups excluding carboxylic acids is 3. The number of unbranched alkanes of at least 4 members (excludes halogenated alkanes) is 2. The zero-order valence-corrected chi connectivity index (χ0v) is 24.5. The number of rotatable bonds is 14. The zero-order chi connectivity index (χ0) is 28.2. The van der Waals surface area contributed by atoms with E-state index in [-0.39, 0.29) is 29.1 Å². The number of aliphatic hydroxyl groups excluding tert-OH is 1. The van der Waals surface area contributed by atoms with Gasteiger partial charge >= 0.3 is 0 Å². The van der Waals surface area contributed by atoms with Crippen molar-refractivity contribution in [1.82, 2.24) is 19.6 Å². The molecule has 0 aromatic rings. The second-order valence-electron chi connectivity index (χ2n) is 11.6. The molecule has 4 saturated heterocycles. The Balaban J connectivity index is 1.64. The maximum atomic E-state index is 14.5. The Hall–Kier alpha value is -1.88. The summed E-state index contributed by atoms with van der Waals surface area (Å²) in [7, 11) is 1.77. The van der Waals surface area contributed by atoms with Crippen LogP contribution in [0.4, 0.5) is 0 Å². The van der Waals surface area contributed by atoms with E-state index >= 15 is 0 Å². The lowest BCUT2D eigenvalue weighted by molar-refractivity contribution is -0.145. The normalized spacial score (nSPS) is 31.8. The molecule has 218 valence electrons. The van der Waals surface area contributed by atoms with E-state index in [1.807, 2.05) is 4.90 Å². The van der Waals surface area contributed by atoms with Gasteiger partial charge in [-0.3, -0.25) is 19.3 Å². The number of hydrogen-bond acceptors (Lipinski definition) is 7. The molecule has 0 aromatic heterocycles. The van der Waals surface area contributed by atoms with E-state index in [0.29, 0.717) is 52.2 Å². The maximum absolute atomic E-state index is 14.5. The van der Waals surface area contributed by atoms with Gasteiger partial charge in [0.05, 0.1) is 29.8 Å². The minimum atomic E-state index is -0.617. The predicted molar refractivity (Wildman–Crippen MR) is 153 cm³/mol. The third-order valence-electron chi connectivity index (χ3n) is 9.06. The summed E-state index contributed by atoms with van der Waals surface area (Å²) in [6, 6.07) is -0.608. The highest BCUT2D eigenvalue weighted by Gasteiger charge is 2.77. The molecule has 4 fully saturated rings. The Morgan fingerprint density at radius 3 is 2.49 bits per heavy atom. The van der Waals surface area contributed by atoms with E-state index < -0.39 is 22.6 Å². The van der Waals surface area contributed by atoms with Gasteiger partial charge in [-0.2, -0.15) is 0 Å². The largest absolute Gasteiger partial charge is 0.396 e. The van der Waals surface area contributed by atoms with Crippen LogP contribution in [0.15, 0.2) is 25.3 Å². The molecule has 9 nitrogen and oxygen atoms in total. The number of thioether (sulfide) groups is 1. The molecule has 4 aliphatic rings. The molecule has 4 rings (SSSR count). The van der Waals surface area contributed by atoms with Gasteiger partial charge in [-0.05, 0) is 39.0 Å². The van der Waals surface area contributed by atoms with E-state index in [9.17, 15) is 19.5 Å². The number of aliphatic hydroxyl groups is 1. The van der Waals surface area contributed by atoms with E-state index in [1.54, 1.807) is 40.8 Å². The highest BCUT2D eigenvalue weighted by Crippen LogP contribution is 2.71. The summed E-state index contributed by atoms with van der Waals surface area (Å²) in [4.78, 5) is 50.1. The summed E-state index contributed by atoms with van der Waals surface area (Å²) in [5.41, 5.74) is 0. The summed E-state index contributed by atoms with van der Waals surface area (Å²) in [6.07, 6.45) is 7.16. The number of hydrogen-bond donors (Lipinski definition) is 1. The lowest BCUT2D eigenvalue weighted by Crippen LogP contribution is -2.56. The van der Waals surface area contributed by atoms with Gasteiger partial charge in [0.1, 0.15) is 6.04 Å². The first kappa shape index (κ1) is 30.1. The summed E-state index contributed by atoms with van der Waals surface area (Å²) in [6.45, 7) is 15.6. The third-order valence-corrected chi connectivity index (χ3v) is 11.0. The summed E-state index contributed by atoms with van der Waals surface area (Å²) in [5.74, 6) is -1.12. The van der Waals surface area contributed by atoms with Crippen molar-refractivity contribution in [1.29, 1.82) is 0 Å². The molecular formula is C29H46N4O5S. The second-order valence-corrected chi connectivity index (χ2v) is 13.5. The van der Waals surface area contributed by atoms with Crippen LogP contribution in [-0.4, -0.2) is 131 Å². The fraction of sp³-hybridized carbons (Fsp3) is 0.759. The number of likely N-dealkylation sites (tertiary alicyclic amines) is 1. The Morgan fingerprint density at radius 2 is 1.82 bits per heavy atom. The van der Waals surface area contributed by atoms with Gasteiger partial charge in [0.25, 0.3) is 0 Å². The molecule has 4 aliphatic heterocycles. The number of carbonyl (C=O) groups is 3. The summed E-state index contributed by atoms with van der Waals surface area (Å²) < 4.78 is 4.48. The SMILES string of the molecule is C=CCN(C)C(=O)[C@H]1[C@H]2C(=O)N(CCCCCO)C(C(=O)N(CC=C)CCN3CCOCC3)C23CC[C@]1(C)S3. The van der Waals surface area contributed by atoms with Crippen LogP contribution >= 0.6 is 11.8 Å². The van der Waals surface area contributed by atoms with Crippen molar-refractivity contribution in [2.45, 2.75) is 54.6 Å². The predicted octanol–water partition coefficient (Wildman–Crippen LogP) is 1.62. The minimum Gasteiger partial charge on any atom is -0.396 e. The fourth-order valence-electron chi connectivity index (χ4n) is 7.12. The first-order valence-corrected chi connectivity index (χ1v) is 15.2. The van der Waals surface area contributed by atoms with Crippen LogP contribution in [0.25, 0.3) is 0 Å². The fourth-order valence-corrected chi connectivity index (χ4v) is 9.46. The van der Waals surface area contributed by atoms with Crippen LogP contribution in [0.5, 0.6) is 0 Å². The quantitative estimate of drug-likeness (QED) is 0.254. The van der Waals surface area contributed by atoms with Gasteiger partial charge in [0.2, 0.25) is 17.7 Å². The number of morpholine rings is 1. The molecule has 5 atom stereocenters. The Morgan fingerprint density at radius 1 is 1.10 bits per heavy atom. The van der Waals surface area contributed by atoms with Crippen LogP contribution in [0, 0.1) is 11.8 Å². The standard InChI is InChI=1S/C29H46N4O5S/c1-5-12-30(4)25(35)22-23-26(36)33(14-8-7-9-19-34)24(29(23)11-10-28(22,3)39-29)27(37)32(13-6-2)16-15-31-17-20-38-21-18-31/h5-6,22-24,34H,1-2,7-21H2,3-4H3/t22-,23+,24?,28+,29?/m1/s1. The van der Waals surface area contributed by atoms with E-state index in [2.05, 4.69) is 25.0 Å². The Bertz CT molecular complexity index is 943. The van der Waals surface area contributed by atoms with Crippen molar-refractivity contribution in [2.75, 3.05) is 72.7 Å². The highest BCUT2D eigenvalue weighted by atomic mass is 32.2. The molecule has 1 N–H and O–H groups in total. The van der Waals surface area contributed by atoms with Crippen molar-refractivity contribution in [3.8, 4) is 0 Å². The molecular weight excluding hydrogens is 516 g/mol. The topological polar surface area (TPSA) is 93.6 Å². The van der Waals surface area contributed by atoms with Crippen LogP contribution in [0.2, 0.25) is 0 Å². The van der Waals surface area contributed by atoms with Crippen LogP contribution in [-0.2, 0) is 19.1 Å². The average Bonchev–Trinajstić information content (AvgIpc) is 3.49. The van der Waals surface area contributed by atoms with Crippen molar-refractivity contribution >= 4 is 29.5 Å². The number of likely N-dealkylation sites (N-methyl/N-ethyl adjacent to an activating group) is 1. The van der Waals surface area contributed by atoms with Gasteiger partial charge in [0.15, 0.2) is 0 Å². The summed E-state index contributed by atoms with van der Waals surface area (Å²) in [5, 5.41) is 9.27. The van der Waals surface area contributed by atoms with Crippen LogP contribution < -0.4 is 0 Å². The summed E-state index contributed by atoms with van der Waals surface area (Å²) >= 11 is 1.72. The lowest BCUT2D eigenvalue weighted by Gasteiger charge is -2.38. The molecule has 1 spiro atoms. The zero-order valence-electron chi connectivity index (χ0n) is 23.7. The first-order chi connectivity index (χ1) is 18.7. The van der Waals surface area contributed by atoms with Gasteiger partial charge < -0.3 is 24.5 Å². The monoisotopic (exact) mass is 562 g/mol. The van der Waals surface area contributed by atoms with Crippen LogP contribution in [0.1, 0.15) is 39.0 Å². The molecule has 0 aliphatic carbocycles. The second kappa shape index (κ2) is 12.7. The van der Waals surface area contributed by atoms with E-state index in [1.165, 1.54) is 0 Å². The molecule has 0 radical (unpaired) electrons. The van der Waals surface area contributed by atoms with Crippen LogP contribution in [0.3, 0.4) is 0 Å². The molecule has 0 saturated carbocycles. The lowest BCUT2D eigenvalue weighted by atomic mass is 9.66. The number of nitrogens with zero attached hydrogens (tertiary/aromatic N) is 4. The smallest absolute Gasteiger partial charge is 0.247 e. The van der Waals surface area contributed by atoms with Crippen molar-refractivity contribution in [3.63, 3.8) is 0 Å². The first-order valence-electron chi connectivity index (χ1n) is 14.4. The van der Waals surface area contributed by atoms with Crippen molar-refractivity contribution in [2.24, 2.45) is 11.8 Å². The number of ether oxygens (including phenoxy) is 1. The molecule has 3 amide bonds. The number of amides is 3. The maximum Gasteiger partial charge on any atom is 0.247 e. The molecule has 10 heteroatoms. The third kappa shape index (κ3) is 5.67. The molecule has 2 bridgehead atoms. The van der Waals surface area contributed by atoms with Gasteiger partial charge in [-0.1, -0.05) is 12.2 Å². The molecule has 2 unspecified atom stereocenters. The molecule has 4 heterocycles. The Kier molecular flexibility index (Phi) is 9.83. The van der Waals surface area contributed by atoms with Crippen molar-refractivity contribution in [3.05, 3.63) is 25.3 Å². The van der Waals surface area contributed by atoms with Crippen molar-refractivity contribution < 1.29 is 24.2 Å². The molecule has 39 heavy (non-hydrogen) atoms. The average molecular weight is 563 g/mol. The van der Waals surface area contributed by atoms with E-state index in [0.717, 1.165) is 38.9 Å². The van der Waals surface area contributed by atoms with Gasteiger partial charge in [-0.15, -0.1) is 24.9 Å². The Labute approximate surface area is 237 Å². The van der Waals surface area contributed by atoms with Gasteiger partial charge in [-0.25, -0.2) is 0 Å². The number of fused-ring (bicyclic) bond motifs is 1. The van der Waals surface area contributed by atoms with E-state index in [4.69, 9.17) is 4.74 Å². The van der Waals surface area contributed by atoms with Gasteiger partial charge in [0, 0.05) is 64.2 Å².